The van der Waals surface area contributed by atoms with Crippen LogP contribution in [0.25, 0.3) is 0 Å². The molecule has 0 bridgehead atoms. The summed E-state index contributed by atoms with van der Waals surface area (Å²) in [7, 11) is 0. The van der Waals surface area contributed by atoms with Gasteiger partial charge in [-0.15, -0.1) is 0 Å². The van der Waals surface area contributed by atoms with Crippen molar-refractivity contribution >= 4 is 23.2 Å². The van der Waals surface area contributed by atoms with Gasteiger partial charge in [0.1, 0.15) is 0 Å². The molecule has 0 saturated heterocycles. The third-order valence-electron chi connectivity index (χ3n) is 5.13. The van der Waals surface area contributed by atoms with E-state index in [1.165, 1.54) is 0 Å². The summed E-state index contributed by atoms with van der Waals surface area (Å²) in [5.74, 6) is 0.390. The average Bonchev–Trinajstić information content (AvgIpc) is 3.44. The number of carbonyl (C=O) groups excluding carboxylic acids is 2. The van der Waals surface area contributed by atoms with E-state index >= 15 is 0 Å². The fourth-order valence-electron chi connectivity index (χ4n) is 3.76. The van der Waals surface area contributed by atoms with Crippen molar-refractivity contribution < 1.29 is 9.59 Å². The predicted octanol–water partition coefficient (Wildman–Crippen LogP) is 4.24. The van der Waals surface area contributed by atoms with Gasteiger partial charge in [-0.25, -0.2) is 0 Å². The smallest absolute Gasteiger partial charge is 0.255 e. The minimum absolute atomic E-state index is 0.0986. The van der Waals surface area contributed by atoms with Gasteiger partial charge in [-0.1, -0.05) is 17.2 Å². The SMILES string of the molecule is Cc1cc(C)cc(C(=O)Nc2ccc3c(c2)CCCN3C(=O)C2CC2)c1. The van der Waals surface area contributed by atoms with Gasteiger partial charge in [0.05, 0.1) is 0 Å². The van der Waals surface area contributed by atoms with Crippen LogP contribution in [0, 0.1) is 19.8 Å². The Balaban J connectivity index is 1.55. The lowest BCUT2D eigenvalue weighted by atomic mass is 10.00. The Morgan fingerprint density at radius 2 is 1.77 bits per heavy atom. The zero-order chi connectivity index (χ0) is 18.3. The highest BCUT2D eigenvalue weighted by atomic mass is 16.2. The van der Waals surface area contributed by atoms with Crippen LogP contribution in [-0.4, -0.2) is 18.4 Å². The molecule has 1 fully saturated rings. The van der Waals surface area contributed by atoms with E-state index in [1.807, 2.05) is 49.1 Å². The van der Waals surface area contributed by atoms with Gasteiger partial charge in [0.2, 0.25) is 5.91 Å². The Kier molecular flexibility index (Phi) is 4.27. The first-order chi connectivity index (χ1) is 12.5. The molecule has 1 aliphatic heterocycles. The van der Waals surface area contributed by atoms with Crippen molar-refractivity contribution in [3.05, 3.63) is 58.7 Å². The summed E-state index contributed by atoms with van der Waals surface area (Å²) < 4.78 is 0. The van der Waals surface area contributed by atoms with Gasteiger partial charge in [-0.3, -0.25) is 9.59 Å². The molecule has 0 spiro atoms. The Labute approximate surface area is 154 Å². The molecule has 4 nitrogen and oxygen atoms in total. The predicted molar refractivity (Wildman–Crippen MR) is 104 cm³/mol. The lowest BCUT2D eigenvalue weighted by Gasteiger charge is -2.30. The molecule has 4 heteroatoms. The van der Waals surface area contributed by atoms with Crippen molar-refractivity contribution in [2.24, 2.45) is 5.92 Å². The molecule has 1 N–H and O–H groups in total. The minimum Gasteiger partial charge on any atom is -0.322 e. The van der Waals surface area contributed by atoms with Crippen LogP contribution in [0.2, 0.25) is 0 Å². The van der Waals surface area contributed by atoms with Gasteiger partial charge in [0, 0.05) is 29.4 Å². The van der Waals surface area contributed by atoms with E-state index in [2.05, 4.69) is 11.4 Å². The number of hydrogen-bond donors (Lipinski definition) is 1. The third-order valence-corrected chi connectivity index (χ3v) is 5.13. The number of carbonyl (C=O) groups is 2. The van der Waals surface area contributed by atoms with E-state index in [-0.39, 0.29) is 17.7 Å². The second-order valence-electron chi connectivity index (χ2n) is 7.54. The van der Waals surface area contributed by atoms with Crippen LogP contribution in [0.5, 0.6) is 0 Å². The molecule has 1 saturated carbocycles. The summed E-state index contributed by atoms with van der Waals surface area (Å²) in [6, 6.07) is 11.8. The van der Waals surface area contributed by atoms with Crippen molar-refractivity contribution in [2.45, 2.75) is 39.5 Å². The molecule has 1 heterocycles. The van der Waals surface area contributed by atoms with E-state index in [0.29, 0.717) is 5.56 Å². The number of nitrogens with one attached hydrogen (secondary N) is 1. The first kappa shape index (κ1) is 16.8. The van der Waals surface area contributed by atoms with Gasteiger partial charge < -0.3 is 10.2 Å². The molecule has 2 aromatic carbocycles. The second-order valence-corrected chi connectivity index (χ2v) is 7.54. The Hall–Kier alpha value is -2.62. The van der Waals surface area contributed by atoms with Crippen molar-refractivity contribution in [2.75, 3.05) is 16.8 Å². The fourth-order valence-corrected chi connectivity index (χ4v) is 3.76. The van der Waals surface area contributed by atoms with Crippen LogP contribution < -0.4 is 10.2 Å². The van der Waals surface area contributed by atoms with Crippen LogP contribution in [0.15, 0.2) is 36.4 Å². The van der Waals surface area contributed by atoms with Crippen molar-refractivity contribution in [1.82, 2.24) is 0 Å². The topological polar surface area (TPSA) is 49.4 Å². The fraction of sp³-hybridized carbons (Fsp3) is 0.364. The van der Waals surface area contributed by atoms with Crippen LogP contribution in [0.1, 0.15) is 46.3 Å². The molecule has 0 radical (unpaired) electrons. The number of amides is 2. The number of hydrogen-bond acceptors (Lipinski definition) is 2. The van der Waals surface area contributed by atoms with E-state index < -0.39 is 0 Å². The van der Waals surface area contributed by atoms with Crippen LogP contribution >= 0.6 is 0 Å². The summed E-state index contributed by atoms with van der Waals surface area (Å²) in [5, 5.41) is 3.00. The number of aryl methyl sites for hydroxylation is 3. The standard InChI is InChI=1S/C22H24N2O2/c1-14-10-15(2)12-18(11-14)21(25)23-19-7-8-20-17(13-19)4-3-9-24(20)22(26)16-5-6-16/h7-8,10-13,16H,3-6,9H2,1-2H3,(H,23,25). The van der Waals surface area contributed by atoms with Gasteiger partial charge in [0.15, 0.2) is 0 Å². The number of nitrogens with zero attached hydrogens (tertiary/aromatic N) is 1. The van der Waals surface area contributed by atoms with Crippen LogP contribution in [0.3, 0.4) is 0 Å². The summed E-state index contributed by atoms with van der Waals surface area (Å²) in [6.45, 7) is 4.79. The third kappa shape index (κ3) is 3.36. The summed E-state index contributed by atoms with van der Waals surface area (Å²) >= 11 is 0. The molecule has 4 rings (SSSR count). The maximum absolute atomic E-state index is 12.6. The van der Waals surface area contributed by atoms with E-state index in [0.717, 1.165) is 60.3 Å². The number of anilines is 2. The minimum atomic E-state index is -0.0986. The first-order valence-electron chi connectivity index (χ1n) is 9.35. The molecule has 134 valence electrons. The van der Waals surface area contributed by atoms with Crippen molar-refractivity contribution in [3.63, 3.8) is 0 Å². The number of rotatable bonds is 3. The lowest BCUT2D eigenvalue weighted by molar-refractivity contribution is -0.119. The summed E-state index contributed by atoms with van der Waals surface area (Å²) in [5.41, 5.74) is 5.77. The molecular formula is C22H24N2O2. The Morgan fingerprint density at radius 1 is 1.04 bits per heavy atom. The van der Waals surface area contributed by atoms with E-state index in [1.54, 1.807) is 0 Å². The number of benzene rings is 2. The van der Waals surface area contributed by atoms with Crippen molar-refractivity contribution in [1.29, 1.82) is 0 Å². The highest BCUT2D eigenvalue weighted by Crippen LogP contribution is 2.36. The summed E-state index contributed by atoms with van der Waals surface area (Å²) in [6.07, 6.45) is 3.96. The first-order valence-corrected chi connectivity index (χ1v) is 9.35. The normalized spacial score (nSPS) is 16.2. The monoisotopic (exact) mass is 348 g/mol. The zero-order valence-corrected chi connectivity index (χ0v) is 15.3. The highest BCUT2D eigenvalue weighted by molar-refractivity contribution is 6.05. The lowest BCUT2D eigenvalue weighted by Crippen LogP contribution is -2.36. The van der Waals surface area contributed by atoms with Gasteiger partial charge in [-0.05, 0) is 75.4 Å². The molecule has 2 aromatic rings. The second kappa shape index (κ2) is 6.60. The van der Waals surface area contributed by atoms with E-state index in [4.69, 9.17) is 0 Å². The highest BCUT2D eigenvalue weighted by Gasteiger charge is 2.35. The molecule has 0 unspecified atom stereocenters. The van der Waals surface area contributed by atoms with Gasteiger partial charge >= 0.3 is 0 Å². The average molecular weight is 348 g/mol. The number of fused-ring (bicyclic) bond motifs is 1. The molecule has 2 amide bonds. The molecule has 0 aromatic heterocycles. The molecule has 0 atom stereocenters. The Morgan fingerprint density at radius 3 is 2.46 bits per heavy atom. The van der Waals surface area contributed by atoms with Crippen LogP contribution in [-0.2, 0) is 11.2 Å². The Bertz CT molecular complexity index is 863. The molecule has 2 aliphatic rings. The van der Waals surface area contributed by atoms with Gasteiger partial charge in [0.25, 0.3) is 5.91 Å². The maximum atomic E-state index is 12.6. The van der Waals surface area contributed by atoms with Crippen LogP contribution in [0.4, 0.5) is 11.4 Å². The molecule has 26 heavy (non-hydrogen) atoms. The van der Waals surface area contributed by atoms with Crippen molar-refractivity contribution in [3.8, 4) is 0 Å². The van der Waals surface area contributed by atoms with Gasteiger partial charge in [-0.2, -0.15) is 0 Å². The zero-order valence-electron chi connectivity index (χ0n) is 15.3. The quantitative estimate of drug-likeness (QED) is 0.902. The molecular weight excluding hydrogens is 324 g/mol. The van der Waals surface area contributed by atoms with E-state index in [9.17, 15) is 9.59 Å². The summed E-state index contributed by atoms with van der Waals surface area (Å²) in [4.78, 5) is 27.0. The maximum Gasteiger partial charge on any atom is 0.255 e. The molecule has 1 aliphatic carbocycles. The largest absolute Gasteiger partial charge is 0.322 e.